The number of anilines is 1. The van der Waals surface area contributed by atoms with E-state index in [1.807, 2.05) is 6.92 Å². The molecule has 2 aromatic rings. The summed E-state index contributed by atoms with van der Waals surface area (Å²) >= 11 is 5.12. The van der Waals surface area contributed by atoms with Crippen LogP contribution in [-0.4, -0.2) is 10.2 Å². The summed E-state index contributed by atoms with van der Waals surface area (Å²) < 4.78 is 1.13. The van der Waals surface area contributed by atoms with Crippen molar-refractivity contribution in [2.24, 2.45) is 0 Å². The van der Waals surface area contributed by atoms with Crippen LogP contribution in [0.4, 0.5) is 5.13 Å². The summed E-state index contributed by atoms with van der Waals surface area (Å²) in [6.07, 6.45) is 0. The van der Waals surface area contributed by atoms with Crippen LogP contribution in [0.1, 0.15) is 16.1 Å². The third-order valence-electron chi connectivity index (χ3n) is 2.16. The van der Waals surface area contributed by atoms with Gasteiger partial charge in [-0.05, 0) is 31.0 Å². The fourth-order valence-corrected chi connectivity index (χ4v) is 2.56. The molecule has 0 saturated carbocycles. The van der Waals surface area contributed by atoms with Crippen LogP contribution >= 0.6 is 27.3 Å². The Morgan fingerprint density at radius 2 is 2.12 bits per heavy atom. The summed E-state index contributed by atoms with van der Waals surface area (Å²) in [6.45, 7) is 4.79. The Balaban J connectivity index is 2.04. The van der Waals surface area contributed by atoms with Gasteiger partial charge in [0.15, 0.2) is 0 Å². The number of benzene rings is 1. The first kappa shape index (κ1) is 11.5. The molecule has 84 valence electrons. The van der Waals surface area contributed by atoms with Gasteiger partial charge in [-0.2, -0.15) is 0 Å². The predicted molar refractivity (Wildman–Crippen MR) is 70.9 cm³/mol. The highest BCUT2D eigenvalue weighted by atomic mass is 79.9. The molecule has 0 unspecified atom stereocenters. The number of aryl methyl sites for hydroxylation is 2. The monoisotopic (exact) mass is 297 g/mol. The summed E-state index contributed by atoms with van der Waals surface area (Å²) in [5.41, 5.74) is 2.47. The summed E-state index contributed by atoms with van der Waals surface area (Å²) in [4.78, 5) is 0. The molecule has 3 nitrogen and oxygen atoms in total. The van der Waals surface area contributed by atoms with E-state index in [2.05, 4.69) is 56.6 Å². The van der Waals surface area contributed by atoms with Crippen molar-refractivity contribution in [3.05, 3.63) is 38.8 Å². The minimum atomic E-state index is 0.759. The van der Waals surface area contributed by atoms with E-state index in [4.69, 9.17) is 0 Å². The second-order valence-electron chi connectivity index (χ2n) is 3.57. The Morgan fingerprint density at radius 1 is 1.31 bits per heavy atom. The number of rotatable bonds is 3. The van der Waals surface area contributed by atoms with Gasteiger partial charge in [0.05, 0.1) is 0 Å². The molecule has 0 radical (unpaired) electrons. The van der Waals surface area contributed by atoms with Gasteiger partial charge in [0.2, 0.25) is 5.13 Å². The molecule has 0 aliphatic rings. The fourth-order valence-electron chi connectivity index (χ4n) is 1.33. The quantitative estimate of drug-likeness (QED) is 0.942. The maximum absolute atomic E-state index is 4.02. The minimum absolute atomic E-state index is 0.759. The van der Waals surface area contributed by atoms with E-state index in [-0.39, 0.29) is 0 Å². The van der Waals surface area contributed by atoms with Gasteiger partial charge >= 0.3 is 0 Å². The van der Waals surface area contributed by atoms with Crippen LogP contribution in [0.25, 0.3) is 0 Å². The fraction of sp³-hybridized carbons (Fsp3) is 0.273. The van der Waals surface area contributed by atoms with Gasteiger partial charge in [-0.1, -0.05) is 39.4 Å². The maximum atomic E-state index is 4.02. The number of nitrogens with one attached hydrogen (secondary N) is 1. The molecule has 16 heavy (non-hydrogen) atoms. The zero-order chi connectivity index (χ0) is 11.5. The molecular formula is C11H12BrN3S. The maximum Gasteiger partial charge on any atom is 0.205 e. The number of hydrogen-bond acceptors (Lipinski definition) is 4. The average Bonchev–Trinajstić information content (AvgIpc) is 2.63. The van der Waals surface area contributed by atoms with Crippen molar-refractivity contribution in [1.82, 2.24) is 10.2 Å². The van der Waals surface area contributed by atoms with E-state index in [1.54, 1.807) is 11.3 Å². The zero-order valence-electron chi connectivity index (χ0n) is 9.12. The van der Waals surface area contributed by atoms with Gasteiger partial charge in [0.25, 0.3) is 0 Å². The molecule has 1 aromatic carbocycles. The summed E-state index contributed by atoms with van der Waals surface area (Å²) in [5.74, 6) is 0. The molecule has 5 heteroatoms. The number of hydrogen-bond donors (Lipinski definition) is 1. The van der Waals surface area contributed by atoms with Gasteiger partial charge in [0.1, 0.15) is 5.01 Å². The van der Waals surface area contributed by atoms with Crippen molar-refractivity contribution in [2.45, 2.75) is 20.4 Å². The lowest BCUT2D eigenvalue weighted by molar-refractivity contribution is 1.02. The first-order valence-corrected chi connectivity index (χ1v) is 6.55. The van der Waals surface area contributed by atoms with Gasteiger partial charge in [0, 0.05) is 11.0 Å². The van der Waals surface area contributed by atoms with Crippen molar-refractivity contribution in [3.8, 4) is 0 Å². The van der Waals surface area contributed by atoms with E-state index in [0.717, 1.165) is 21.2 Å². The number of nitrogens with zero attached hydrogens (tertiary/aromatic N) is 2. The third kappa shape index (κ3) is 2.80. The highest BCUT2D eigenvalue weighted by molar-refractivity contribution is 9.10. The predicted octanol–water partition coefficient (Wildman–Crippen LogP) is 3.53. The normalized spacial score (nSPS) is 10.4. The molecule has 2 rings (SSSR count). The van der Waals surface area contributed by atoms with Gasteiger partial charge < -0.3 is 5.32 Å². The molecule has 0 saturated heterocycles. The van der Waals surface area contributed by atoms with Crippen LogP contribution < -0.4 is 5.32 Å². The average molecular weight is 298 g/mol. The van der Waals surface area contributed by atoms with Crippen LogP contribution in [0.15, 0.2) is 22.7 Å². The van der Waals surface area contributed by atoms with E-state index in [0.29, 0.717) is 0 Å². The smallest absolute Gasteiger partial charge is 0.205 e. The lowest BCUT2D eigenvalue weighted by Crippen LogP contribution is -1.99. The van der Waals surface area contributed by atoms with E-state index in [9.17, 15) is 0 Å². The largest absolute Gasteiger partial charge is 0.356 e. The van der Waals surface area contributed by atoms with Crippen molar-refractivity contribution >= 4 is 32.4 Å². The highest BCUT2D eigenvalue weighted by Gasteiger charge is 2.02. The molecule has 0 aliphatic heterocycles. The molecule has 1 N–H and O–H groups in total. The van der Waals surface area contributed by atoms with Crippen LogP contribution in [0.5, 0.6) is 0 Å². The molecular weight excluding hydrogens is 286 g/mol. The summed E-state index contributed by atoms with van der Waals surface area (Å²) in [6, 6.07) is 6.33. The first-order valence-electron chi connectivity index (χ1n) is 4.94. The SMILES string of the molecule is Cc1ccc(CNc2nnc(C)s2)c(Br)c1. The van der Waals surface area contributed by atoms with Gasteiger partial charge in [-0.25, -0.2) is 0 Å². The van der Waals surface area contributed by atoms with Gasteiger partial charge in [-0.3, -0.25) is 0 Å². The Kier molecular flexibility index (Phi) is 3.56. The Morgan fingerprint density at radius 3 is 2.75 bits per heavy atom. The van der Waals surface area contributed by atoms with E-state index < -0.39 is 0 Å². The lowest BCUT2D eigenvalue weighted by atomic mass is 10.1. The summed E-state index contributed by atoms with van der Waals surface area (Å²) in [7, 11) is 0. The molecule has 1 heterocycles. The molecule has 0 atom stereocenters. The number of halogens is 1. The lowest BCUT2D eigenvalue weighted by Gasteiger charge is -2.05. The Hall–Kier alpha value is -0.940. The molecule has 0 amide bonds. The summed E-state index contributed by atoms with van der Waals surface area (Å²) in [5, 5.41) is 13.1. The van der Waals surface area contributed by atoms with Crippen molar-refractivity contribution in [1.29, 1.82) is 0 Å². The van der Waals surface area contributed by atoms with Crippen LogP contribution in [0, 0.1) is 13.8 Å². The topological polar surface area (TPSA) is 37.8 Å². The second kappa shape index (κ2) is 4.93. The molecule has 0 spiro atoms. The third-order valence-corrected chi connectivity index (χ3v) is 3.70. The van der Waals surface area contributed by atoms with E-state index >= 15 is 0 Å². The minimum Gasteiger partial charge on any atom is -0.356 e. The van der Waals surface area contributed by atoms with Crippen LogP contribution in [0.2, 0.25) is 0 Å². The van der Waals surface area contributed by atoms with E-state index in [1.165, 1.54) is 11.1 Å². The van der Waals surface area contributed by atoms with Gasteiger partial charge in [-0.15, -0.1) is 10.2 Å². The molecule has 0 aliphatic carbocycles. The molecule has 0 bridgehead atoms. The first-order chi connectivity index (χ1) is 7.65. The van der Waals surface area contributed by atoms with Crippen molar-refractivity contribution in [2.75, 3.05) is 5.32 Å². The van der Waals surface area contributed by atoms with Crippen molar-refractivity contribution in [3.63, 3.8) is 0 Å². The highest BCUT2D eigenvalue weighted by Crippen LogP contribution is 2.20. The van der Waals surface area contributed by atoms with Crippen LogP contribution in [-0.2, 0) is 6.54 Å². The standard InChI is InChI=1S/C11H12BrN3S/c1-7-3-4-9(10(12)5-7)6-13-11-15-14-8(2)16-11/h3-5H,6H2,1-2H3,(H,13,15). The molecule has 1 aromatic heterocycles. The Bertz CT molecular complexity index is 496. The van der Waals surface area contributed by atoms with Crippen LogP contribution in [0.3, 0.4) is 0 Å². The molecule has 0 fully saturated rings. The Labute approximate surface area is 107 Å². The number of aromatic nitrogens is 2. The second-order valence-corrected chi connectivity index (χ2v) is 5.61. The van der Waals surface area contributed by atoms with Crippen molar-refractivity contribution < 1.29 is 0 Å². The zero-order valence-corrected chi connectivity index (χ0v) is 11.5.